The molecule has 1 N–H and O–H groups in total. The fourth-order valence-corrected chi connectivity index (χ4v) is 3.12. The van der Waals surface area contributed by atoms with E-state index >= 15 is 0 Å². The van der Waals surface area contributed by atoms with Gasteiger partial charge in [0.25, 0.3) is 10.0 Å². The molecule has 2 rings (SSSR count). The molecule has 4 nitrogen and oxygen atoms in total. The van der Waals surface area contributed by atoms with Gasteiger partial charge in [-0.3, -0.25) is 0 Å². The number of benzene rings is 2. The lowest BCUT2D eigenvalue weighted by Gasteiger charge is -2.05. The zero-order valence-corrected chi connectivity index (χ0v) is 13.3. The molecule has 104 valence electrons. The van der Waals surface area contributed by atoms with Gasteiger partial charge in [-0.05, 0) is 18.2 Å². The summed E-state index contributed by atoms with van der Waals surface area (Å²) in [4.78, 5) is 2.23. The molecule has 7 heteroatoms. The van der Waals surface area contributed by atoms with Gasteiger partial charge in [0, 0.05) is 10.0 Å². The van der Waals surface area contributed by atoms with Crippen molar-refractivity contribution in [2.45, 2.75) is 4.90 Å². The van der Waals surface area contributed by atoms with Crippen LogP contribution in [0.1, 0.15) is 5.56 Å². The quantitative estimate of drug-likeness (QED) is 0.660. The second kappa shape index (κ2) is 6.39. The van der Waals surface area contributed by atoms with E-state index in [9.17, 15) is 8.42 Å². The van der Waals surface area contributed by atoms with E-state index in [-0.39, 0.29) is 10.1 Å². The second-order valence-corrected chi connectivity index (χ2v) is 6.66. The van der Waals surface area contributed by atoms with Crippen LogP contribution in [0.5, 0.6) is 0 Å². The number of nitrogens with zero attached hydrogens (tertiary/aromatic N) is 1. The van der Waals surface area contributed by atoms with E-state index < -0.39 is 10.0 Å². The summed E-state index contributed by atoms with van der Waals surface area (Å²) in [5, 5.41) is 3.77. The first kappa shape index (κ1) is 15.0. The molecule has 0 heterocycles. The van der Waals surface area contributed by atoms with Crippen molar-refractivity contribution in [3.63, 3.8) is 0 Å². The second-order valence-electron chi connectivity index (χ2n) is 3.79. The molecule has 0 aliphatic carbocycles. The molecule has 0 aromatic heterocycles. The number of hydrazone groups is 1. The average molecular weight is 374 g/mol. The van der Waals surface area contributed by atoms with Crippen LogP contribution in [0.2, 0.25) is 0 Å². The zero-order chi connectivity index (χ0) is 14.6. The third kappa shape index (κ3) is 3.59. The smallest absolute Gasteiger partial charge is 0.200 e. The van der Waals surface area contributed by atoms with Crippen molar-refractivity contribution in [2.24, 2.45) is 5.10 Å². The third-order valence-corrected chi connectivity index (χ3v) is 4.62. The molecule has 0 spiro atoms. The molecular formula is C13H10BrClN2O2S. The molecule has 0 fully saturated rings. The summed E-state index contributed by atoms with van der Waals surface area (Å²) in [5.41, 5.74) is 0.602. The van der Waals surface area contributed by atoms with E-state index in [1.54, 1.807) is 36.4 Å². The van der Waals surface area contributed by atoms with Crippen molar-refractivity contribution in [2.75, 3.05) is 0 Å². The third-order valence-electron chi connectivity index (χ3n) is 2.41. The van der Waals surface area contributed by atoms with E-state index in [0.717, 1.165) is 4.47 Å². The molecule has 20 heavy (non-hydrogen) atoms. The average Bonchev–Trinajstić information content (AvgIpc) is 2.46. The van der Waals surface area contributed by atoms with E-state index in [1.165, 1.54) is 12.1 Å². The van der Waals surface area contributed by atoms with Crippen LogP contribution in [-0.2, 0) is 10.0 Å². The van der Waals surface area contributed by atoms with Crippen molar-refractivity contribution in [3.05, 3.63) is 64.6 Å². The summed E-state index contributed by atoms with van der Waals surface area (Å²) < 4.78 is 24.7. The Morgan fingerprint density at radius 2 is 1.65 bits per heavy atom. The number of nitrogens with one attached hydrogen (secondary N) is 1. The van der Waals surface area contributed by atoms with Crippen molar-refractivity contribution in [1.29, 1.82) is 0 Å². The highest BCUT2D eigenvalue weighted by Gasteiger charge is 2.13. The Morgan fingerprint density at radius 3 is 2.30 bits per heavy atom. The maximum absolute atomic E-state index is 12.0. The molecule has 0 atom stereocenters. The Morgan fingerprint density at radius 1 is 1.05 bits per heavy atom. The van der Waals surface area contributed by atoms with Gasteiger partial charge in [0.1, 0.15) is 0 Å². The molecule has 0 radical (unpaired) electrons. The van der Waals surface area contributed by atoms with Crippen molar-refractivity contribution in [1.82, 2.24) is 4.83 Å². The van der Waals surface area contributed by atoms with Crippen LogP contribution < -0.4 is 4.83 Å². The highest BCUT2D eigenvalue weighted by molar-refractivity contribution is 9.10. The van der Waals surface area contributed by atoms with Crippen LogP contribution in [0.25, 0.3) is 0 Å². The van der Waals surface area contributed by atoms with Crippen LogP contribution in [-0.4, -0.2) is 13.6 Å². The molecule has 0 unspecified atom stereocenters. The number of halogens is 2. The topological polar surface area (TPSA) is 58.5 Å². The summed E-state index contributed by atoms with van der Waals surface area (Å²) in [5.74, 6) is 0. The summed E-state index contributed by atoms with van der Waals surface area (Å²) >= 11 is 9.32. The van der Waals surface area contributed by atoms with E-state index in [4.69, 9.17) is 11.6 Å². The Labute approximate surface area is 130 Å². The van der Waals surface area contributed by atoms with Crippen LogP contribution in [0.4, 0.5) is 0 Å². The number of hydrogen-bond acceptors (Lipinski definition) is 3. The van der Waals surface area contributed by atoms with Gasteiger partial charge >= 0.3 is 0 Å². The molecular weight excluding hydrogens is 364 g/mol. The normalized spacial score (nSPS) is 12.2. The summed E-state index contributed by atoms with van der Waals surface area (Å²) in [6, 6.07) is 15.1. The SMILES string of the molecule is O=S(=O)(N/N=C(\Cl)c1ccccc1Br)c1ccccc1. The molecule has 0 saturated heterocycles. The zero-order valence-electron chi connectivity index (χ0n) is 10.1. The predicted molar refractivity (Wildman–Crippen MR) is 83.3 cm³/mol. The minimum absolute atomic E-state index is 0.0528. The number of rotatable bonds is 4. The number of sulfonamides is 1. The largest absolute Gasteiger partial charge is 0.276 e. The Kier molecular flexibility index (Phi) is 4.80. The summed E-state index contributed by atoms with van der Waals surface area (Å²) in [7, 11) is -3.71. The van der Waals surface area contributed by atoms with Gasteiger partial charge in [-0.1, -0.05) is 63.9 Å². The molecule has 0 aliphatic rings. The van der Waals surface area contributed by atoms with Crippen LogP contribution in [0, 0.1) is 0 Å². The van der Waals surface area contributed by atoms with Gasteiger partial charge in [0.2, 0.25) is 0 Å². The van der Waals surface area contributed by atoms with E-state index in [2.05, 4.69) is 25.9 Å². The Hall–Kier alpha value is -1.37. The van der Waals surface area contributed by atoms with E-state index in [1.807, 2.05) is 6.07 Å². The molecule has 0 amide bonds. The predicted octanol–water partition coefficient (Wildman–Crippen LogP) is 3.33. The highest BCUT2D eigenvalue weighted by Crippen LogP contribution is 2.18. The monoisotopic (exact) mass is 372 g/mol. The number of hydrogen-bond donors (Lipinski definition) is 1. The lowest BCUT2D eigenvalue weighted by molar-refractivity contribution is 0.584. The Bertz CT molecular complexity index is 733. The van der Waals surface area contributed by atoms with Crippen molar-refractivity contribution >= 4 is 42.7 Å². The molecule has 2 aromatic carbocycles. The van der Waals surface area contributed by atoms with Crippen molar-refractivity contribution in [3.8, 4) is 0 Å². The van der Waals surface area contributed by atoms with Crippen LogP contribution in [0.15, 0.2) is 69.1 Å². The fraction of sp³-hybridized carbons (Fsp3) is 0. The van der Waals surface area contributed by atoms with Gasteiger partial charge in [0.05, 0.1) is 4.90 Å². The van der Waals surface area contributed by atoms with Crippen LogP contribution in [0.3, 0.4) is 0 Å². The van der Waals surface area contributed by atoms with E-state index in [0.29, 0.717) is 5.56 Å². The first-order valence-electron chi connectivity index (χ1n) is 5.55. The summed E-state index contributed by atoms with van der Waals surface area (Å²) in [6.07, 6.45) is 0. The van der Waals surface area contributed by atoms with Crippen LogP contribution >= 0.6 is 27.5 Å². The standard InChI is InChI=1S/C13H10BrClN2O2S/c14-12-9-5-4-8-11(12)13(15)16-17-20(18,19)10-6-2-1-3-7-10/h1-9,17H/b16-13-. The van der Waals surface area contributed by atoms with Gasteiger partial charge in [-0.2, -0.15) is 18.4 Å². The molecule has 0 saturated carbocycles. The highest BCUT2D eigenvalue weighted by atomic mass is 79.9. The maximum atomic E-state index is 12.0. The first-order valence-corrected chi connectivity index (χ1v) is 8.21. The fourth-order valence-electron chi connectivity index (χ4n) is 1.44. The van der Waals surface area contributed by atoms with Gasteiger partial charge < -0.3 is 0 Å². The van der Waals surface area contributed by atoms with Crippen molar-refractivity contribution < 1.29 is 8.42 Å². The lowest BCUT2D eigenvalue weighted by Crippen LogP contribution is -2.19. The molecule has 0 bridgehead atoms. The minimum atomic E-state index is -3.71. The lowest BCUT2D eigenvalue weighted by atomic mass is 10.2. The molecule has 2 aromatic rings. The Balaban J connectivity index is 2.23. The van der Waals surface area contributed by atoms with Gasteiger partial charge in [0.15, 0.2) is 5.17 Å². The van der Waals surface area contributed by atoms with Gasteiger partial charge in [-0.25, -0.2) is 0 Å². The minimum Gasteiger partial charge on any atom is -0.200 e. The van der Waals surface area contributed by atoms with Gasteiger partial charge in [-0.15, -0.1) is 0 Å². The molecule has 0 aliphatic heterocycles. The maximum Gasteiger partial charge on any atom is 0.276 e. The summed E-state index contributed by atoms with van der Waals surface area (Å²) in [6.45, 7) is 0. The first-order chi connectivity index (χ1) is 9.50.